The van der Waals surface area contributed by atoms with Gasteiger partial charge in [0.2, 0.25) is 11.7 Å². The van der Waals surface area contributed by atoms with E-state index in [1.807, 2.05) is 22.8 Å². The molecule has 0 aliphatic rings. The molecule has 0 unspecified atom stereocenters. The molecule has 0 bridgehead atoms. The van der Waals surface area contributed by atoms with Gasteiger partial charge in [0, 0.05) is 18.3 Å². The van der Waals surface area contributed by atoms with E-state index in [1.165, 1.54) is 30.2 Å². The minimum absolute atomic E-state index is 0.0786. The topological polar surface area (TPSA) is 99.8 Å². The van der Waals surface area contributed by atoms with Crippen molar-refractivity contribution in [1.82, 2.24) is 19.2 Å². The van der Waals surface area contributed by atoms with Crippen molar-refractivity contribution in [3.63, 3.8) is 0 Å². The summed E-state index contributed by atoms with van der Waals surface area (Å²) in [5.41, 5.74) is 1.27. The third-order valence-corrected chi connectivity index (χ3v) is 6.32. The fourth-order valence-corrected chi connectivity index (χ4v) is 4.68. The number of hydrogen-bond donors (Lipinski definition) is 1. The molecule has 0 aliphatic carbocycles. The molecule has 156 valence electrons. The quantitative estimate of drug-likeness (QED) is 0.437. The summed E-state index contributed by atoms with van der Waals surface area (Å²) in [7, 11) is 3.09. The lowest BCUT2D eigenvalue weighted by atomic mass is 10.2. The monoisotopic (exact) mass is 445 g/mol. The summed E-state index contributed by atoms with van der Waals surface area (Å²) >= 11 is 2.64. The van der Waals surface area contributed by atoms with E-state index in [0.29, 0.717) is 39.4 Å². The highest BCUT2D eigenvalue weighted by Crippen LogP contribution is 2.30. The largest absolute Gasteiger partial charge is 0.493 e. The number of carbonyl (C=O) groups is 1. The Labute approximate surface area is 179 Å². The van der Waals surface area contributed by atoms with Gasteiger partial charge < -0.3 is 14.8 Å². The standard InChI is InChI=1S/C19H19N5O4S2/c1-4-23-17(26)16-12(7-8-29-16)24-18(23)21-22-19(24)30-10-15(25)20-11-5-6-13(27-2)14(9-11)28-3/h5-9H,4,10H2,1-3H3,(H,20,25). The van der Waals surface area contributed by atoms with E-state index < -0.39 is 0 Å². The van der Waals surface area contributed by atoms with Gasteiger partial charge in [0.25, 0.3) is 5.56 Å². The third-order valence-electron chi connectivity index (χ3n) is 4.50. The van der Waals surface area contributed by atoms with E-state index in [2.05, 4.69) is 15.5 Å². The Morgan fingerprint density at radius 3 is 2.73 bits per heavy atom. The molecule has 3 heterocycles. The second kappa shape index (κ2) is 8.36. The van der Waals surface area contributed by atoms with Crippen LogP contribution in [-0.2, 0) is 11.3 Å². The molecule has 0 aliphatic heterocycles. The molecule has 30 heavy (non-hydrogen) atoms. The zero-order valence-electron chi connectivity index (χ0n) is 16.5. The molecule has 3 aromatic heterocycles. The molecule has 1 amide bonds. The van der Waals surface area contributed by atoms with Gasteiger partial charge in [-0.2, -0.15) is 0 Å². The van der Waals surface area contributed by atoms with E-state index in [-0.39, 0.29) is 17.2 Å². The number of amides is 1. The zero-order chi connectivity index (χ0) is 21.3. The number of nitrogens with zero attached hydrogens (tertiary/aromatic N) is 4. The fraction of sp³-hybridized carbons (Fsp3) is 0.263. The van der Waals surface area contributed by atoms with E-state index in [4.69, 9.17) is 9.47 Å². The predicted octanol–water partition coefficient (Wildman–Crippen LogP) is 2.87. The van der Waals surface area contributed by atoms with Gasteiger partial charge in [0.05, 0.1) is 25.5 Å². The number of nitrogens with one attached hydrogen (secondary N) is 1. The first-order valence-electron chi connectivity index (χ1n) is 9.07. The van der Waals surface area contributed by atoms with Gasteiger partial charge in [0.1, 0.15) is 4.70 Å². The smallest absolute Gasteiger partial charge is 0.272 e. The number of aromatic nitrogens is 4. The summed E-state index contributed by atoms with van der Waals surface area (Å²) in [5, 5.41) is 13.6. The normalized spacial score (nSPS) is 11.2. The minimum Gasteiger partial charge on any atom is -0.493 e. The Morgan fingerprint density at radius 1 is 1.20 bits per heavy atom. The molecular formula is C19H19N5O4S2. The van der Waals surface area contributed by atoms with Crippen LogP contribution in [-0.4, -0.2) is 45.0 Å². The summed E-state index contributed by atoms with van der Waals surface area (Å²) in [6, 6.07) is 7.03. The first-order chi connectivity index (χ1) is 14.6. The highest BCUT2D eigenvalue weighted by molar-refractivity contribution is 7.99. The number of anilines is 1. The SMILES string of the molecule is CCn1c(=O)c2sccc2n2c(SCC(=O)Nc3ccc(OC)c(OC)c3)nnc12. The Kier molecular flexibility index (Phi) is 5.64. The van der Waals surface area contributed by atoms with Crippen LogP contribution in [0, 0.1) is 0 Å². The number of rotatable bonds is 7. The molecule has 4 rings (SSSR count). The van der Waals surface area contributed by atoms with Crippen molar-refractivity contribution < 1.29 is 14.3 Å². The molecule has 0 fully saturated rings. The van der Waals surface area contributed by atoms with Gasteiger partial charge >= 0.3 is 0 Å². The van der Waals surface area contributed by atoms with Gasteiger partial charge in [-0.25, -0.2) is 0 Å². The van der Waals surface area contributed by atoms with E-state index in [9.17, 15) is 9.59 Å². The number of hydrogen-bond acceptors (Lipinski definition) is 8. The Hall–Kier alpha value is -3.05. The van der Waals surface area contributed by atoms with Gasteiger partial charge in [-0.15, -0.1) is 21.5 Å². The molecule has 0 saturated heterocycles. The van der Waals surface area contributed by atoms with Crippen LogP contribution in [0.5, 0.6) is 11.5 Å². The predicted molar refractivity (Wildman–Crippen MR) is 117 cm³/mol. The van der Waals surface area contributed by atoms with E-state index in [1.54, 1.807) is 29.9 Å². The van der Waals surface area contributed by atoms with Crippen LogP contribution < -0.4 is 20.3 Å². The number of benzene rings is 1. The maximum atomic E-state index is 12.6. The molecule has 1 aromatic carbocycles. The molecule has 1 N–H and O–H groups in total. The van der Waals surface area contributed by atoms with Crippen molar-refractivity contribution in [1.29, 1.82) is 0 Å². The average Bonchev–Trinajstić information content (AvgIpc) is 3.39. The van der Waals surface area contributed by atoms with Crippen LogP contribution in [0.4, 0.5) is 5.69 Å². The van der Waals surface area contributed by atoms with Crippen LogP contribution in [0.2, 0.25) is 0 Å². The third kappa shape index (κ3) is 3.50. The first-order valence-corrected chi connectivity index (χ1v) is 10.9. The summed E-state index contributed by atoms with van der Waals surface area (Å²) < 4.78 is 14.5. The second-order valence-electron chi connectivity index (χ2n) is 6.21. The van der Waals surface area contributed by atoms with Gasteiger partial charge in [0.15, 0.2) is 16.7 Å². The number of carbonyl (C=O) groups excluding carboxylic acids is 1. The number of thiophene rings is 1. The number of fused-ring (bicyclic) bond motifs is 3. The molecule has 9 nitrogen and oxygen atoms in total. The summed E-state index contributed by atoms with van der Waals surface area (Å²) in [4.78, 5) is 25.1. The Morgan fingerprint density at radius 2 is 2.00 bits per heavy atom. The second-order valence-corrected chi connectivity index (χ2v) is 8.07. The fourth-order valence-electron chi connectivity index (χ4n) is 3.12. The highest BCUT2D eigenvalue weighted by atomic mass is 32.2. The Bertz CT molecular complexity index is 1290. The first kappa shape index (κ1) is 20.2. The molecule has 0 spiro atoms. The van der Waals surface area contributed by atoms with Crippen molar-refractivity contribution in [2.24, 2.45) is 0 Å². The van der Waals surface area contributed by atoms with E-state index >= 15 is 0 Å². The van der Waals surface area contributed by atoms with Crippen molar-refractivity contribution >= 4 is 50.7 Å². The lowest BCUT2D eigenvalue weighted by Gasteiger charge is -2.10. The zero-order valence-corrected chi connectivity index (χ0v) is 18.2. The Balaban J connectivity index is 1.56. The number of methoxy groups -OCH3 is 2. The van der Waals surface area contributed by atoms with Crippen LogP contribution in [0.1, 0.15) is 6.92 Å². The summed E-state index contributed by atoms with van der Waals surface area (Å²) in [5.74, 6) is 1.52. The van der Waals surface area contributed by atoms with Gasteiger partial charge in [-0.05, 0) is 30.5 Å². The maximum absolute atomic E-state index is 12.6. The molecule has 0 radical (unpaired) electrons. The van der Waals surface area contributed by atoms with Crippen molar-refractivity contribution in [3.05, 3.63) is 40.0 Å². The van der Waals surface area contributed by atoms with Crippen molar-refractivity contribution in [2.75, 3.05) is 25.3 Å². The van der Waals surface area contributed by atoms with Crippen LogP contribution in [0.3, 0.4) is 0 Å². The minimum atomic E-state index is -0.200. The summed E-state index contributed by atoms with van der Waals surface area (Å²) in [6.45, 7) is 2.37. The van der Waals surface area contributed by atoms with Gasteiger partial charge in [-0.3, -0.25) is 18.6 Å². The van der Waals surface area contributed by atoms with Crippen LogP contribution in [0.15, 0.2) is 39.6 Å². The average molecular weight is 446 g/mol. The molecule has 0 atom stereocenters. The lowest BCUT2D eigenvalue weighted by molar-refractivity contribution is -0.113. The maximum Gasteiger partial charge on any atom is 0.272 e. The highest BCUT2D eigenvalue weighted by Gasteiger charge is 2.18. The number of thioether (sulfide) groups is 1. The summed E-state index contributed by atoms with van der Waals surface area (Å²) in [6.07, 6.45) is 0. The lowest BCUT2D eigenvalue weighted by Crippen LogP contribution is -2.21. The van der Waals surface area contributed by atoms with Crippen LogP contribution >= 0.6 is 23.1 Å². The number of ether oxygens (including phenoxy) is 2. The molecule has 0 saturated carbocycles. The molecule has 4 aromatic rings. The molecule has 11 heteroatoms. The van der Waals surface area contributed by atoms with E-state index in [0.717, 1.165) is 5.52 Å². The van der Waals surface area contributed by atoms with Gasteiger partial charge in [-0.1, -0.05) is 11.8 Å². The van der Waals surface area contributed by atoms with Crippen molar-refractivity contribution in [3.8, 4) is 11.5 Å². The number of aryl methyl sites for hydroxylation is 1. The van der Waals surface area contributed by atoms with Crippen LogP contribution in [0.25, 0.3) is 16.0 Å². The molecular weight excluding hydrogens is 426 g/mol. The van der Waals surface area contributed by atoms with Crippen molar-refractivity contribution in [2.45, 2.75) is 18.6 Å².